The van der Waals surface area contributed by atoms with E-state index in [1.165, 1.54) is 91.2 Å². The average Bonchev–Trinajstić information content (AvgIpc) is 3.64. The lowest BCUT2D eigenvalue weighted by Crippen LogP contribution is -2.11. The van der Waals surface area contributed by atoms with Crippen molar-refractivity contribution in [2.75, 3.05) is 4.90 Å². The summed E-state index contributed by atoms with van der Waals surface area (Å²) in [7, 11) is 0. The molecule has 10 aromatic carbocycles. The van der Waals surface area contributed by atoms with Crippen molar-refractivity contribution in [3.05, 3.63) is 200 Å². The smallest absolute Gasteiger partial charge is 0.0555 e. The summed E-state index contributed by atoms with van der Waals surface area (Å²) in [6, 6.07) is 73.5. The highest BCUT2D eigenvalue weighted by atomic mass is 32.1. The molecular weight excluding hydrogens is 671 g/mol. The van der Waals surface area contributed by atoms with Crippen LogP contribution >= 0.6 is 11.3 Å². The molecule has 2 heteroatoms. The molecule has 0 atom stereocenters. The number of thiophene rings is 1. The fourth-order valence-corrected chi connectivity index (χ4v) is 9.73. The summed E-state index contributed by atoms with van der Waals surface area (Å²) < 4.78 is 2.59. The predicted molar refractivity (Wildman–Crippen MR) is 235 cm³/mol. The molecule has 0 amide bonds. The molecule has 0 aliphatic heterocycles. The summed E-state index contributed by atoms with van der Waals surface area (Å²) in [6.07, 6.45) is 0. The first-order valence-corrected chi connectivity index (χ1v) is 19.3. The lowest BCUT2D eigenvalue weighted by atomic mass is 9.90. The monoisotopic (exact) mass is 703 g/mol. The molecule has 11 aromatic rings. The number of fused-ring (bicyclic) bond motifs is 10. The van der Waals surface area contributed by atoms with E-state index in [2.05, 4.69) is 205 Å². The normalized spacial score (nSPS) is 11.7. The van der Waals surface area contributed by atoms with Crippen LogP contribution in [-0.4, -0.2) is 0 Å². The Labute approximate surface area is 317 Å². The van der Waals surface area contributed by atoms with Gasteiger partial charge in [0.25, 0.3) is 0 Å². The summed E-state index contributed by atoms with van der Waals surface area (Å²) in [5, 5.41) is 12.8. The van der Waals surface area contributed by atoms with E-state index < -0.39 is 0 Å². The minimum Gasteiger partial charge on any atom is -0.309 e. The molecule has 0 aliphatic carbocycles. The van der Waals surface area contributed by atoms with Gasteiger partial charge in [0.2, 0.25) is 0 Å². The first-order chi connectivity index (χ1) is 26.8. The molecule has 1 aromatic heterocycles. The van der Waals surface area contributed by atoms with Crippen molar-refractivity contribution in [1.82, 2.24) is 0 Å². The molecule has 252 valence electrons. The van der Waals surface area contributed by atoms with Gasteiger partial charge in [0.05, 0.1) is 11.4 Å². The molecule has 0 aliphatic rings. The summed E-state index contributed by atoms with van der Waals surface area (Å²) in [5.74, 6) is 0. The van der Waals surface area contributed by atoms with Crippen molar-refractivity contribution in [3.63, 3.8) is 0 Å². The van der Waals surface area contributed by atoms with Gasteiger partial charge in [0, 0.05) is 31.4 Å². The SMILES string of the molecule is c1ccc(-c2ccccc2N(c2ccc(-c3cc4ccccc4c4c3ccc3ccccc34)cc2)c2cccc3sc4ccc5ccccc5c4c23)cc1. The highest BCUT2D eigenvalue weighted by molar-refractivity contribution is 7.26. The van der Waals surface area contributed by atoms with Crippen LogP contribution in [0.1, 0.15) is 0 Å². The maximum atomic E-state index is 2.48. The van der Waals surface area contributed by atoms with Crippen LogP contribution in [0, 0.1) is 0 Å². The lowest BCUT2D eigenvalue weighted by Gasteiger charge is -2.29. The van der Waals surface area contributed by atoms with Gasteiger partial charge in [-0.05, 0) is 102 Å². The van der Waals surface area contributed by atoms with Gasteiger partial charge in [-0.2, -0.15) is 0 Å². The Morgan fingerprint density at radius 1 is 0.315 bits per heavy atom. The molecule has 1 heterocycles. The molecule has 0 fully saturated rings. The molecule has 1 nitrogen and oxygen atoms in total. The molecule has 0 saturated carbocycles. The number of anilines is 3. The number of hydrogen-bond acceptors (Lipinski definition) is 2. The van der Waals surface area contributed by atoms with Crippen LogP contribution in [0.15, 0.2) is 200 Å². The van der Waals surface area contributed by atoms with Crippen LogP contribution in [0.25, 0.3) is 85.5 Å². The average molecular weight is 704 g/mol. The second-order valence-corrected chi connectivity index (χ2v) is 15.1. The number of benzene rings is 10. The molecule has 0 unspecified atom stereocenters. The first kappa shape index (κ1) is 30.8. The van der Waals surface area contributed by atoms with E-state index in [4.69, 9.17) is 0 Å². The zero-order valence-electron chi connectivity index (χ0n) is 29.4. The summed E-state index contributed by atoms with van der Waals surface area (Å²) >= 11 is 1.87. The largest absolute Gasteiger partial charge is 0.309 e. The number of hydrogen-bond donors (Lipinski definition) is 0. The van der Waals surface area contributed by atoms with E-state index in [1.54, 1.807) is 0 Å². The highest BCUT2D eigenvalue weighted by Gasteiger charge is 2.22. The number of rotatable bonds is 5. The summed E-state index contributed by atoms with van der Waals surface area (Å²) in [4.78, 5) is 2.48. The second kappa shape index (κ2) is 12.4. The fourth-order valence-electron chi connectivity index (χ4n) is 8.59. The predicted octanol–water partition coefficient (Wildman–Crippen LogP) is 15.5. The number of para-hydroxylation sites is 1. The van der Waals surface area contributed by atoms with Crippen LogP contribution in [0.4, 0.5) is 17.1 Å². The second-order valence-electron chi connectivity index (χ2n) is 14.0. The van der Waals surface area contributed by atoms with E-state index >= 15 is 0 Å². The highest BCUT2D eigenvalue weighted by Crippen LogP contribution is 2.49. The van der Waals surface area contributed by atoms with Crippen molar-refractivity contribution in [2.24, 2.45) is 0 Å². The van der Waals surface area contributed by atoms with Gasteiger partial charge < -0.3 is 4.90 Å². The first-order valence-electron chi connectivity index (χ1n) is 18.5. The van der Waals surface area contributed by atoms with Crippen LogP contribution < -0.4 is 4.90 Å². The third kappa shape index (κ3) is 4.85. The molecular formula is C52H33NS. The Morgan fingerprint density at radius 3 is 1.67 bits per heavy atom. The summed E-state index contributed by atoms with van der Waals surface area (Å²) in [6.45, 7) is 0. The van der Waals surface area contributed by atoms with Crippen molar-refractivity contribution in [3.8, 4) is 22.3 Å². The maximum Gasteiger partial charge on any atom is 0.0555 e. The zero-order chi connectivity index (χ0) is 35.6. The van der Waals surface area contributed by atoms with Gasteiger partial charge in [-0.25, -0.2) is 0 Å². The van der Waals surface area contributed by atoms with Gasteiger partial charge in [-0.3, -0.25) is 0 Å². The maximum absolute atomic E-state index is 2.48. The number of nitrogens with zero attached hydrogens (tertiary/aromatic N) is 1. The fraction of sp³-hybridized carbons (Fsp3) is 0. The van der Waals surface area contributed by atoms with E-state index in [9.17, 15) is 0 Å². The van der Waals surface area contributed by atoms with E-state index in [1.807, 2.05) is 11.3 Å². The van der Waals surface area contributed by atoms with Gasteiger partial charge in [-0.15, -0.1) is 11.3 Å². The molecule has 11 rings (SSSR count). The van der Waals surface area contributed by atoms with Gasteiger partial charge >= 0.3 is 0 Å². The van der Waals surface area contributed by atoms with Crippen LogP contribution in [0.2, 0.25) is 0 Å². The van der Waals surface area contributed by atoms with E-state index in [0.717, 1.165) is 11.4 Å². The van der Waals surface area contributed by atoms with Crippen molar-refractivity contribution in [1.29, 1.82) is 0 Å². The van der Waals surface area contributed by atoms with Crippen molar-refractivity contribution in [2.45, 2.75) is 0 Å². The standard InChI is InChI=1S/C52H33NS/c1-2-13-34(14-3-1)40-18-10-11-22-46(40)53(47-23-12-24-48-52(47)51-42-20-8-5-16-36(42)28-32-49(51)54-48)39-29-25-37(26-30-39)45-33-38-17-6-9-21-43(38)50-41-19-7-4-15-35(41)27-31-44(45)50/h1-33H. The Kier molecular flexibility index (Phi) is 7.11. The van der Waals surface area contributed by atoms with E-state index in [-0.39, 0.29) is 0 Å². The Balaban J connectivity index is 1.16. The Bertz CT molecular complexity index is 3200. The van der Waals surface area contributed by atoms with Crippen LogP contribution in [0.3, 0.4) is 0 Å². The minimum absolute atomic E-state index is 1.12. The zero-order valence-corrected chi connectivity index (χ0v) is 30.2. The van der Waals surface area contributed by atoms with Gasteiger partial charge in [-0.1, -0.05) is 158 Å². The molecule has 0 spiro atoms. The Hall–Kier alpha value is -6.74. The third-order valence-corrected chi connectivity index (χ3v) is 12.1. The Morgan fingerprint density at radius 2 is 0.889 bits per heavy atom. The van der Waals surface area contributed by atoms with Crippen molar-refractivity contribution < 1.29 is 0 Å². The topological polar surface area (TPSA) is 3.24 Å². The minimum atomic E-state index is 1.12. The quantitative estimate of drug-likeness (QED) is 0.161. The molecule has 0 saturated heterocycles. The molecule has 0 radical (unpaired) electrons. The van der Waals surface area contributed by atoms with Crippen LogP contribution in [0.5, 0.6) is 0 Å². The lowest BCUT2D eigenvalue weighted by molar-refractivity contribution is 1.30. The van der Waals surface area contributed by atoms with Crippen molar-refractivity contribution >= 4 is 91.7 Å². The van der Waals surface area contributed by atoms with Gasteiger partial charge in [0.1, 0.15) is 0 Å². The third-order valence-electron chi connectivity index (χ3n) is 11.0. The molecule has 0 bridgehead atoms. The van der Waals surface area contributed by atoms with E-state index in [0.29, 0.717) is 0 Å². The van der Waals surface area contributed by atoms with Crippen LogP contribution in [-0.2, 0) is 0 Å². The molecule has 0 N–H and O–H groups in total. The van der Waals surface area contributed by atoms with Gasteiger partial charge in [0.15, 0.2) is 0 Å². The summed E-state index contributed by atoms with van der Waals surface area (Å²) in [5.41, 5.74) is 8.26. The molecule has 54 heavy (non-hydrogen) atoms.